The van der Waals surface area contributed by atoms with E-state index in [1.165, 1.54) is 11.3 Å². The highest BCUT2D eigenvalue weighted by Gasteiger charge is 2.19. The van der Waals surface area contributed by atoms with Crippen LogP contribution >= 0.6 is 11.3 Å². The molecule has 20 heavy (non-hydrogen) atoms. The number of nitrogens with two attached hydrogens (primary N) is 1. The van der Waals surface area contributed by atoms with Gasteiger partial charge in [-0.25, -0.2) is 14.8 Å². The lowest BCUT2D eigenvalue weighted by molar-refractivity contribution is 0.0954. The highest BCUT2D eigenvalue weighted by molar-refractivity contribution is 7.13. The van der Waals surface area contributed by atoms with E-state index in [9.17, 15) is 9.59 Å². The number of primary amides is 1. The van der Waals surface area contributed by atoms with Crippen LogP contribution in [0.15, 0.2) is 30.3 Å². The van der Waals surface area contributed by atoms with Crippen molar-refractivity contribution in [3.63, 3.8) is 0 Å². The summed E-state index contributed by atoms with van der Waals surface area (Å²) < 4.78 is 0. The molecule has 0 saturated carbocycles. The molecular weight excluding hydrogens is 276 g/mol. The molecule has 104 valence electrons. The Labute approximate surface area is 120 Å². The van der Waals surface area contributed by atoms with Crippen LogP contribution in [0, 0.1) is 13.8 Å². The van der Waals surface area contributed by atoms with Crippen LogP contribution in [0.1, 0.15) is 20.4 Å². The van der Waals surface area contributed by atoms with E-state index in [0.29, 0.717) is 16.3 Å². The fourth-order valence-corrected chi connectivity index (χ4v) is 2.53. The predicted molar refractivity (Wildman–Crippen MR) is 77.6 cm³/mol. The van der Waals surface area contributed by atoms with Crippen LogP contribution in [0.25, 0.3) is 0 Å². The summed E-state index contributed by atoms with van der Waals surface area (Å²) in [5.41, 5.74) is 8.91. The largest absolute Gasteiger partial charge is 0.350 e. The van der Waals surface area contributed by atoms with E-state index in [1.807, 2.05) is 6.92 Å². The number of benzene rings is 1. The van der Waals surface area contributed by atoms with Gasteiger partial charge in [0.2, 0.25) is 0 Å². The molecule has 0 bridgehead atoms. The van der Waals surface area contributed by atoms with Crippen molar-refractivity contribution in [2.45, 2.75) is 13.8 Å². The van der Waals surface area contributed by atoms with E-state index >= 15 is 0 Å². The average Bonchev–Trinajstić information content (AvgIpc) is 2.75. The molecule has 3 amide bonds. The molecule has 0 aliphatic heterocycles. The van der Waals surface area contributed by atoms with Crippen molar-refractivity contribution in [1.82, 2.24) is 10.4 Å². The standard InChI is InChI=1S/C13H14N4O2S/c1-8-11(20-9(2)15-8)12(18)16-17(13(14)19)10-6-4-3-5-7-10/h3-7H,1-2H3,(H2,14,19)(H,16,18). The smallest absolute Gasteiger partial charge is 0.338 e. The van der Waals surface area contributed by atoms with E-state index < -0.39 is 11.9 Å². The van der Waals surface area contributed by atoms with Gasteiger partial charge in [0.1, 0.15) is 4.88 Å². The molecule has 0 unspecified atom stereocenters. The number of amides is 3. The third-order valence-electron chi connectivity index (χ3n) is 2.56. The topological polar surface area (TPSA) is 88.3 Å². The van der Waals surface area contributed by atoms with Crippen LogP contribution in [0.2, 0.25) is 0 Å². The van der Waals surface area contributed by atoms with Crippen molar-refractivity contribution in [3.05, 3.63) is 45.9 Å². The number of para-hydroxylation sites is 1. The summed E-state index contributed by atoms with van der Waals surface area (Å²) in [7, 11) is 0. The number of nitrogens with one attached hydrogen (secondary N) is 1. The summed E-state index contributed by atoms with van der Waals surface area (Å²) in [6.07, 6.45) is 0. The minimum atomic E-state index is -0.761. The third-order valence-corrected chi connectivity index (χ3v) is 3.63. The zero-order chi connectivity index (χ0) is 14.7. The summed E-state index contributed by atoms with van der Waals surface area (Å²) in [5.74, 6) is -0.407. The Morgan fingerprint density at radius 3 is 2.40 bits per heavy atom. The molecule has 0 aliphatic carbocycles. The Morgan fingerprint density at radius 1 is 1.25 bits per heavy atom. The number of urea groups is 1. The van der Waals surface area contributed by atoms with E-state index in [1.54, 1.807) is 37.3 Å². The maximum absolute atomic E-state index is 12.2. The number of carbonyl (C=O) groups is 2. The highest BCUT2D eigenvalue weighted by atomic mass is 32.1. The fourth-order valence-electron chi connectivity index (χ4n) is 1.72. The number of aromatic nitrogens is 1. The Morgan fingerprint density at radius 2 is 1.90 bits per heavy atom. The summed E-state index contributed by atoms with van der Waals surface area (Å²) >= 11 is 1.27. The number of hydrazine groups is 1. The lowest BCUT2D eigenvalue weighted by Gasteiger charge is -2.20. The predicted octanol–water partition coefficient (Wildman–Crippen LogP) is 1.99. The monoisotopic (exact) mass is 290 g/mol. The minimum absolute atomic E-state index is 0.407. The number of anilines is 1. The lowest BCUT2D eigenvalue weighted by Crippen LogP contribution is -2.49. The summed E-state index contributed by atoms with van der Waals surface area (Å²) in [5, 5.41) is 1.80. The molecule has 3 N–H and O–H groups in total. The lowest BCUT2D eigenvalue weighted by atomic mass is 10.3. The maximum Gasteiger partial charge on any atom is 0.338 e. The molecule has 1 aromatic carbocycles. The van der Waals surface area contributed by atoms with E-state index in [4.69, 9.17) is 5.73 Å². The number of thiazole rings is 1. The van der Waals surface area contributed by atoms with Gasteiger partial charge in [0.05, 0.1) is 16.4 Å². The van der Waals surface area contributed by atoms with Crippen LogP contribution in [0.4, 0.5) is 10.5 Å². The van der Waals surface area contributed by atoms with Gasteiger partial charge in [-0.3, -0.25) is 10.2 Å². The number of aryl methyl sites for hydroxylation is 2. The van der Waals surface area contributed by atoms with Crippen LogP contribution in [0.3, 0.4) is 0 Å². The molecule has 0 spiro atoms. The van der Waals surface area contributed by atoms with Gasteiger partial charge in [0.15, 0.2) is 0 Å². The van der Waals surface area contributed by atoms with Gasteiger partial charge < -0.3 is 5.73 Å². The molecule has 7 heteroatoms. The van der Waals surface area contributed by atoms with Gasteiger partial charge in [0.25, 0.3) is 5.91 Å². The third kappa shape index (κ3) is 2.94. The van der Waals surface area contributed by atoms with Crippen molar-refractivity contribution in [2.75, 3.05) is 5.01 Å². The van der Waals surface area contributed by atoms with Crippen molar-refractivity contribution in [1.29, 1.82) is 0 Å². The van der Waals surface area contributed by atoms with Crippen LogP contribution in [0.5, 0.6) is 0 Å². The first-order valence-electron chi connectivity index (χ1n) is 5.88. The first-order valence-corrected chi connectivity index (χ1v) is 6.70. The second-order valence-corrected chi connectivity index (χ2v) is 5.30. The first kappa shape index (κ1) is 14.0. The van der Waals surface area contributed by atoms with Crippen molar-refractivity contribution < 1.29 is 9.59 Å². The zero-order valence-corrected chi connectivity index (χ0v) is 11.9. The SMILES string of the molecule is Cc1nc(C)c(C(=O)NN(C(N)=O)c2ccccc2)s1. The maximum atomic E-state index is 12.2. The molecular formula is C13H14N4O2S. The quantitative estimate of drug-likeness (QED) is 0.829. The van der Waals surface area contributed by atoms with Gasteiger partial charge in [-0.1, -0.05) is 18.2 Å². The number of hydrogen-bond acceptors (Lipinski definition) is 4. The molecule has 1 heterocycles. The number of carbonyl (C=O) groups excluding carboxylic acids is 2. The van der Waals surface area contributed by atoms with Crippen LogP contribution in [-0.4, -0.2) is 16.9 Å². The van der Waals surface area contributed by atoms with Crippen molar-refractivity contribution >= 4 is 29.0 Å². The van der Waals surface area contributed by atoms with Gasteiger partial charge in [-0.05, 0) is 26.0 Å². The number of nitrogens with zero attached hydrogens (tertiary/aromatic N) is 2. The molecule has 0 saturated heterocycles. The van der Waals surface area contributed by atoms with Gasteiger partial charge in [-0.2, -0.15) is 0 Å². The molecule has 6 nitrogen and oxygen atoms in total. The van der Waals surface area contributed by atoms with E-state index in [2.05, 4.69) is 10.4 Å². The van der Waals surface area contributed by atoms with Gasteiger partial charge in [0, 0.05) is 0 Å². The average molecular weight is 290 g/mol. The Balaban J connectivity index is 2.23. The highest BCUT2D eigenvalue weighted by Crippen LogP contribution is 2.18. The zero-order valence-electron chi connectivity index (χ0n) is 11.1. The second kappa shape index (κ2) is 5.70. The molecule has 0 aliphatic rings. The fraction of sp³-hybridized carbons (Fsp3) is 0.154. The van der Waals surface area contributed by atoms with Crippen LogP contribution in [-0.2, 0) is 0 Å². The summed E-state index contributed by atoms with van der Waals surface area (Å²) in [6, 6.07) is 7.90. The Hall–Kier alpha value is -2.41. The second-order valence-electron chi connectivity index (χ2n) is 4.10. The van der Waals surface area contributed by atoms with Gasteiger partial charge >= 0.3 is 6.03 Å². The van der Waals surface area contributed by atoms with E-state index in [0.717, 1.165) is 10.0 Å². The van der Waals surface area contributed by atoms with Crippen molar-refractivity contribution in [2.24, 2.45) is 5.73 Å². The summed E-state index contributed by atoms with van der Waals surface area (Å²) in [6.45, 7) is 3.56. The molecule has 2 rings (SSSR count). The normalized spacial score (nSPS) is 10.1. The number of rotatable bonds is 2. The molecule has 2 aromatic rings. The Bertz CT molecular complexity index is 639. The minimum Gasteiger partial charge on any atom is -0.350 e. The molecule has 0 radical (unpaired) electrons. The van der Waals surface area contributed by atoms with E-state index in [-0.39, 0.29) is 0 Å². The Kier molecular flexibility index (Phi) is 3.99. The first-order chi connectivity index (χ1) is 9.49. The molecule has 0 fully saturated rings. The number of hydrogen-bond donors (Lipinski definition) is 2. The van der Waals surface area contributed by atoms with Gasteiger partial charge in [-0.15, -0.1) is 11.3 Å². The summed E-state index contributed by atoms with van der Waals surface area (Å²) in [4.78, 5) is 28.3. The van der Waals surface area contributed by atoms with Crippen LogP contribution < -0.4 is 16.2 Å². The molecule has 1 aromatic heterocycles. The molecule has 0 atom stereocenters. The van der Waals surface area contributed by atoms with Crippen molar-refractivity contribution in [3.8, 4) is 0 Å².